The third kappa shape index (κ3) is 4.24. The molecular weight excluding hydrogens is 229 g/mol. The van der Waals surface area contributed by atoms with Crippen LogP contribution in [-0.4, -0.2) is 43.8 Å². The normalized spacial score (nSPS) is 33.4. The summed E-state index contributed by atoms with van der Waals surface area (Å²) in [5.41, 5.74) is 0. The Bertz CT molecular complexity index is 270. The van der Waals surface area contributed by atoms with Crippen molar-refractivity contribution in [3.8, 4) is 0 Å². The van der Waals surface area contributed by atoms with Crippen LogP contribution in [0.2, 0.25) is 5.31 Å². The Morgan fingerprint density at radius 3 is 2.76 bits per heavy atom. The minimum atomic E-state index is 0.212. The van der Waals surface area contributed by atoms with Crippen LogP contribution < -0.4 is 0 Å². The molecule has 0 heterocycles. The zero-order chi connectivity index (χ0) is 13.1. The van der Waals surface area contributed by atoms with E-state index in [1.54, 1.807) is 6.92 Å². The molecule has 4 heteroatoms. The first-order valence-corrected chi connectivity index (χ1v) is 7.99. The number of carbonyl (C=O) groups is 1. The second-order valence-corrected chi connectivity index (χ2v) is 7.13. The highest BCUT2D eigenvalue weighted by atomic mass is 32.2. The van der Waals surface area contributed by atoms with Gasteiger partial charge in [-0.25, -0.2) is 0 Å². The van der Waals surface area contributed by atoms with Gasteiger partial charge in [-0.15, -0.1) is 0 Å². The molecule has 0 aromatic carbocycles. The lowest BCUT2D eigenvalue weighted by molar-refractivity contribution is -0.131. The van der Waals surface area contributed by atoms with Crippen LogP contribution >= 0.6 is 11.8 Å². The van der Waals surface area contributed by atoms with Gasteiger partial charge in [-0.05, 0) is 30.8 Å². The van der Waals surface area contributed by atoms with Crippen LogP contribution in [0.4, 0.5) is 0 Å². The lowest BCUT2D eigenvalue weighted by Gasteiger charge is -2.44. The zero-order valence-electron chi connectivity index (χ0n) is 12.0. The van der Waals surface area contributed by atoms with Gasteiger partial charge >= 0.3 is 0 Å². The lowest BCUT2D eigenvalue weighted by Crippen LogP contribution is -2.45. The van der Waals surface area contributed by atoms with Crippen molar-refractivity contribution in [2.75, 3.05) is 19.1 Å². The molecule has 1 rings (SSSR count). The van der Waals surface area contributed by atoms with E-state index in [1.165, 1.54) is 31.4 Å². The van der Waals surface area contributed by atoms with Crippen molar-refractivity contribution in [2.24, 2.45) is 5.92 Å². The first-order chi connectivity index (χ1) is 7.87. The summed E-state index contributed by atoms with van der Waals surface area (Å²) in [5, 5.41) is 0.456. The molecule has 17 heavy (non-hydrogen) atoms. The van der Waals surface area contributed by atoms with Gasteiger partial charge in [0.15, 0.2) is 0 Å². The van der Waals surface area contributed by atoms with Crippen LogP contribution in [0.1, 0.15) is 39.5 Å². The fraction of sp³-hybridized carbons (Fsp3) is 0.923. The van der Waals surface area contributed by atoms with Crippen LogP contribution in [0.5, 0.6) is 0 Å². The first kappa shape index (κ1) is 14.9. The van der Waals surface area contributed by atoms with Gasteiger partial charge in [-0.2, -0.15) is 11.8 Å². The van der Waals surface area contributed by atoms with Crippen LogP contribution in [0.25, 0.3) is 0 Å². The molecule has 1 aliphatic rings. The van der Waals surface area contributed by atoms with Gasteiger partial charge in [-0.1, -0.05) is 25.1 Å². The van der Waals surface area contributed by atoms with Crippen molar-refractivity contribution in [3.63, 3.8) is 0 Å². The Morgan fingerprint density at radius 2 is 2.24 bits per heavy atom. The van der Waals surface area contributed by atoms with Crippen molar-refractivity contribution in [3.05, 3.63) is 0 Å². The summed E-state index contributed by atoms with van der Waals surface area (Å²) in [4.78, 5) is 13.5. The van der Waals surface area contributed by atoms with Crippen molar-refractivity contribution in [1.29, 1.82) is 0 Å². The van der Waals surface area contributed by atoms with E-state index in [-0.39, 0.29) is 5.91 Å². The molecule has 2 nitrogen and oxygen atoms in total. The molecule has 98 valence electrons. The van der Waals surface area contributed by atoms with Crippen molar-refractivity contribution in [2.45, 2.75) is 50.9 Å². The molecule has 0 bridgehead atoms. The predicted molar refractivity (Wildman–Crippen MR) is 79.5 cm³/mol. The van der Waals surface area contributed by atoms with Gasteiger partial charge < -0.3 is 4.90 Å². The summed E-state index contributed by atoms with van der Waals surface area (Å²) in [7, 11) is 4.33. The van der Waals surface area contributed by atoms with Gasteiger partial charge in [0.2, 0.25) is 5.91 Å². The summed E-state index contributed by atoms with van der Waals surface area (Å²) < 4.78 is 0. The summed E-state index contributed by atoms with van der Waals surface area (Å²) >= 11 is 1.91. The van der Waals surface area contributed by atoms with E-state index in [4.69, 9.17) is 0 Å². The maximum atomic E-state index is 11.5. The Morgan fingerprint density at radius 1 is 1.59 bits per heavy atom. The van der Waals surface area contributed by atoms with Crippen LogP contribution in [-0.2, 0) is 4.79 Å². The molecule has 1 saturated carbocycles. The molecule has 1 aliphatic carbocycles. The Labute approximate surface area is 111 Å². The number of thioether (sulfide) groups is 1. The molecule has 1 fully saturated rings. The number of amides is 1. The zero-order valence-corrected chi connectivity index (χ0v) is 12.8. The molecule has 0 aromatic heterocycles. The fourth-order valence-electron chi connectivity index (χ4n) is 3.03. The smallest absolute Gasteiger partial charge is 0.219 e. The molecule has 3 atom stereocenters. The third-order valence-electron chi connectivity index (χ3n) is 4.16. The third-order valence-corrected chi connectivity index (χ3v) is 4.81. The summed E-state index contributed by atoms with van der Waals surface area (Å²) in [6.07, 6.45) is 7.08. The largest absolute Gasteiger partial charge is 0.343 e. The van der Waals surface area contributed by atoms with Gasteiger partial charge in [0.1, 0.15) is 7.85 Å². The highest BCUT2D eigenvalue weighted by molar-refractivity contribution is 7.98. The molecule has 1 amide bonds. The van der Waals surface area contributed by atoms with Crippen molar-refractivity contribution < 1.29 is 4.79 Å². The topological polar surface area (TPSA) is 20.3 Å². The first-order valence-electron chi connectivity index (χ1n) is 6.60. The Hall–Kier alpha value is -0.115. The maximum Gasteiger partial charge on any atom is 0.219 e. The SMILES string of the molecule is BC1(C)CCC(N(C)C(C)=O)C(CCSC)C1. The number of hydrogen-bond acceptors (Lipinski definition) is 2. The van der Waals surface area contributed by atoms with E-state index >= 15 is 0 Å². The van der Waals surface area contributed by atoms with E-state index in [0.29, 0.717) is 17.3 Å². The van der Waals surface area contributed by atoms with Gasteiger partial charge in [-0.3, -0.25) is 4.79 Å². The summed E-state index contributed by atoms with van der Waals surface area (Å²) in [6, 6.07) is 0.465. The van der Waals surface area contributed by atoms with Gasteiger partial charge in [0.25, 0.3) is 0 Å². The number of rotatable bonds is 4. The van der Waals surface area contributed by atoms with E-state index in [2.05, 4.69) is 21.0 Å². The van der Waals surface area contributed by atoms with E-state index < -0.39 is 0 Å². The Balaban J connectivity index is 2.69. The molecule has 0 N–H and O–H groups in total. The second-order valence-electron chi connectivity index (χ2n) is 6.15. The van der Waals surface area contributed by atoms with Crippen LogP contribution in [0, 0.1) is 5.92 Å². The lowest BCUT2D eigenvalue weighted by atomic mass is 9.57. The van der Waals surface area contributed by atoms with Crippen LogP contribution in [0.3, 0.4) is 0 Å². The van der Waals surface area contributed by atoms with E-state index in [1.807, 2.05) is 23.7 Å². The van der Waals surface area contributed by atoms with Gasteiger partial charge in [0.05, 0.1) is 0 Å². The fourth-order valence-corrected chi connectivity index (χ4v) is 3.57. The highest BCUT2D eigenvalue weighted by Gasteiger charge is 2.36. The molecule has 0 aromatic rings. The molecule has 3 unspecified atom stereocenters. The number of carbonyl (C=O) groups excluding carboxylic acids is 1. The van der Waals surface area contributed by atoms with Crippen LogP contribution in [0.15, 0.2) is 0 Å². The molecular formula is C13H26BNOS. The van der Waals surface area contributed by atoms with Gasteiger partial charge in [0, 0.05) is 20.0 Å². The predicted octanol–water partition coefficient (Wildman–Crippen LogP) is 2.20. The molecule has 0 saturated heterocycles. The monoisotopic (exact) mass is 255 g/mol. The summed E-state index contributed by atoms with van der Waals surface area (Å²) in [6.45, 7) is 4.05. The highest BCUT2D eigenvalue weighted by Crippen LogP contribution is 2.45. The standard InChI is InChI=1S/C13H26BNOS/c1-10(16)15(3)12-5-7-13(2,14)9-11(12)6-8-17-4/h11-12H,5-9,14H2,1-4H3. The van der Waals surface area contributed by atoms with Crippen molar-refractivity contribution in [1.82, 2.24) is 4.90 Å². The summed E-state index contributed by atoms with van der Waals surface area (Å²) in [5.74, 6) is 2.10. The van der Waals surface area contributed by atoms with Crippen molar-refractivity contribution >= 4 is 25.5 Å². The minimum Gasteiger partial charge on any atom is -0.343 e. The maximum absolute atomic E-state index is 11.5. The van der Waals surface area contributed by atoms with E-state index in [0.717, 1.165) is 0 Å². The van der Waals surface area contributed by atoms with E-state index in [9.17, 15) is 4.79 Å². The quantitative estimate of drug-likeness (QED) is 0.718. The molecule has 0 radical (unpaired) electrons. The second kappa shape index (κ2) is 6.17. The average Bonchev–Trinajstić information content (AvgIpc) is 2.24. The molecule has 0 spiro atoms. The minimum absolute atomic E-state index is 0.212. The molecule has 0 aliphatic heterocycles. The number of nitrogens with zero attached hydrogens (tertiary/aromatic N) is 1. The average molecular weight is 255 g/mol. The number of hydrogen-bond donors (Lipinski definition) is 0. The Kier molecular flexibility index (Phi) is 5.42.